The summed E-state index contributed by atoms with van der Waals surface area (Å²) in [7, 11) is 0. The van der Waals surface area contributed by atoms with Gasteiger partial charge in [-0.3, -0.25) is 4.79 Å². The summed E-state index contributed by atoms with van der Waals surface area (Å²) in [5.74, 6) is -0.278. The number of hydrogen-bond acceptors (Lipinski definition) is 5. The van der Waals surface area contributed by atoms with Gasteiger partial charge in [-0.25, -0.2) is 0 Å². The van der Waals surface area contributed by atoms with Gasteiger partial charge < -0.3 is 20.4 Å². The maximum atomic E-state index is 12.3. The number of carbonyl (C=O) groups excluding carboxylic acids is 1. The number of rotatable bonds is 1. The number of Topliss-reactive ketones (excluding diaryl/α,β-unsaturated/α-hetero) is 1. The van der Waals surface area contributed by atoms with Crippen LogP contribution < -0.4 is 0 Å². The van der Waals surface area contributed by atoms with E-state index in [1.165, 1.54) is 6.92 Å². The van der Waals surface area contributed by atoms with Crippen LogP contribution in [0, 0.1) is 28.6 Å². The highest BCUT2D eigenvalue weighted by molar-refractivity contribution is 5.86. The molecule has 3 fully saturated rings. The fourth-order valence-corrected chi connectivity index (χ4v) is 6.93. The van der Waals surface area contributed by atoms with Gasteiger partial charge in [0.05, 0.1) is 12.2 Å². The van der Waals surface area contributed by atoms with Gasteiger partial charge in [-0.1, -0.05) is 26.0 Å². The maximum Gasteiger partial charge on any atom is 0.161 e. The third-order valence-corrected chi connectivity index (χ3v) is 8.49. The van der Waals surface area contributed by atoms with E-state index in [0.717, 1.165) is 12.8 Å². The molecule has 0 saturated heterocycles. The molecule has 3 saturated carbocycles. The summed E-state index contributed by atoms with van der Waals surface area (Å²) in [6, 6.07) is 0. The van der Waals surface area contributed by atoms with Gasteiger partial charge in [-0.05, 0) is 62.0 Å². The van der Waals surface area contributed by atoms with E-state index in [1.807, 2.05) is 13.0 Å². The lowest BCUT2D eigenvalue weighted by Gasteiger charge is -2.60. The topological polar surface area (TPSA) is 98.0 Å². The van der Waals surface area contributed by atoms with Crippen molar-refractivity contribution in [2.45, 2.75) is 70.4 Å². The van der Waals surface area contributed by atoms with E-state index in [-0.39, 0.29) is 23.5 Å². The van der Waals surface area contributed by atoms with Crippen molar-refractivity contribution in [3.05, 3.63) is 23.8 Å². The number of ketones is 1. The molecule has 0 aromatic heterocycles. The van der Waals surface area contributed by atoms with Crippen LogP contribution in [0.3, 0.4) is 0 Å². The second-order valence-electron chi connectivity index (χ2n) is 9.39. The summed E-state index contributed by atoms with van der Waals surface area (Å²) in [4.78, 5) is 12.3. The molecule has 4 aliphatic rings. The molecule has 0 spiro atoms. The largest absolute Gasteiger partial charge is 0.390 e. The smallest absolute Gasteiger partial charge is 0.161 e. The standard InChI is InChI=1S/C21H30O5/c1-11(22)21(26)9-6-14-16-13(5-8-20(14,21)3)19(2)7-4-12(23)10-15(19)17(24)18(16)25/h4,7,10,12-14,16-18,23-26H,5-6,8-9H2,1-3H3/t12-,13+,14+,16-,17+,18-,19-,20+,21+/m1/s1. The third-order valence-electron chi connectivity index (χ3n) is 8.49. The lowest BCUT2D eigenvalue weighted by atomic mass is 9.46. The van der Waals surface area contributed by atoms with Crippen molar-refractivity contribution in [2.75, 3.05) is 0 Å². The summed E-state index contributed by atoms with van der Waals surface area (Å²) in [6.07, 6.45) is 5.27. The van der Waals surface area contributed by atoms with Gasteiger partial charge >= 0.3 is 0 Å². The van der Waals surface area contributed by atoms with Crippen molar-refractivity contribution in [3.63, 3.8) is 0 Å². The summed E-state index contributed by atoms with van der Waals surface area (Å²) in [6.45, 7) is 5.51. The molecule has 4 aliphatic carbocycles. The molecule has 4 N–H and O–H groups in total. The Kier molecular flexibility index (Phi) is 3.89. The first-order valence-corrected chi connectivity index (χ1v) is 9.75. The molecule has 5 nitrogen and oxygen atoms in total. The Labute approximate surface area is 154 Å². The van der Waals surface area contributed by atoms with Gasteiger partial charge in [0.1, 0.15) is 11.7 Å². The van der Waals surface area contributed by atoms with Gasteiger partial charge in [-0.15, -0.1) is 0 Å². The van der Waals surface area contributed by atoms with Crippen LogP contribution in [0.4, 0.5) is 0 Å². The summed E-state index contributed by atoms with van der Waals surface area (Å²) >= 11 is 0. The number of aliphatic hydroxyl groups is 4. The van der Waals surface area contributed by atoms with Gasteiger partial charge in [0.2, 0.25) is 0 Å². The van der Waals surface area contributed by atoms with Crippen molar-refractivity contribution in [3.8, 4) is 0 Å². The molecule has 4 rings (SSSR count). The molecule has 0 heterocycles. The predicted molar refractivity (Wildman–Crippen MR) is 96.0 cm³/mol. The lowest BCUT2D eigenvalue weighted by Crippen LogP contribution is -2.62. The van der Waals surface area contributed by atoms with Crippen molar-refractivity contribution in [1.82, 2.24) is 0 Å². The molecule has 0 aromatic carbocycles. The van der Waals surface area contributed by atoms with Gasteiger partial charge in [0, 0.05) is 10.8 Å². The predicted octanol–water partition coefficient (Wildman–Crippen LogP) is 1.35. The number of allylic oxidation sites excluding steroid dienone is 1. The quantitative estimate of drug-likeness (QED) is 0.528. The van der Waals surface area contributed by atoms with E-state index in [1.54, 1.807) is 12.2 Å². The Bertz CT molecular complexity index is 699. The molecule has 0 unspecified atom stereocenters. The van der Waals surface area contributed by atoms with Crippen LogP contribution in [-0.4, -0.2) is 50.1 Å². The molecular weight excluding hydrogens is 332 g/mol. The lowest BCUT2D eigenvalue weighted by molar-refractivity contribution is -0.175. The third kappa shape index (κ3) is 2.03. The highest BCUT2D eigenvalue weighted by Crippen LogP contribution is 2.67. The summed E-state index contributed by atoms with van der Waals surface area (Å²) in [5.41, 5.74) is -1.63. The fourth-order valence-electron chi connectivity index (χ4n) is 6.93. The van der Waals surface area contributed by atoms with Crippen LogP contribution in [0.5, 0.6) is 0 Å². The molecular formula is C21H30O5. The van der Waals surface area contributed by atoms with Crippen LogP contribution in [0.25, 0.3) is 0 Å². The van der Waals surface area contributed by atoms with E-state index in [0.29, 0.717) is 18.4 Å². The van der Waals surface area contributed by atoms with Gasteiger partial charge in [0.25, 0.3) is 0 Å². The zero-order chi connectivity index (χ0) is 19.1. The summed E-state index contributed by atoms with van der Waals surface area (Å²) < 4.78 is 0. The molecule has 0 amide bonds. The first-order chi connectivity index (χ1) is 12.1. The first kappa shape index (κ1) is 18.4. The maximum absolute atomic E-state index is 12.3. The Hall–Kier alpha value is -1.01. The second-order valence-corrected chi connectivity index (χ2v) is 9.39. The summed E-state index contributed by atoms with van der Waals surface area (Å²) in [5, 5.41) is 43.0. The van der Waals surface area contributed by atoms with E-state index in [2.05, 4.69) is 6.92 Å². The molecule has 26 heavy (non-hydrogen) atoms. The number of hydrogen-bond donors (Lipinski definition) is 4. The van der Waals surface area contributed by atoms with Crippen LogP contribution in [0.1, 0.15) is 46.5 Å². The van der Waals surface area contributed by atoms with Gasteiger partial charge in [-0.2, -0.15) is 0 Å². The zero-order valence-electron chi connectivity index (χ0n) is 15.7. The molecule has 0 aliphatic heterocycles. The molecule has 0 radical (unpaired) electrons. The molecule has 9 atom stereocenters. The Morgan fingerprint density at radius 2 is 1.77 bits per heavy atom. The first-order valence-electron chi connectivity index (χ1n) is 9.75. The minimum atomic E-state index is -1.34. The van der Waals surface area contributed by atoms with E-state index >= 15 is 0 Å². The molecule has 0 aromatic rings. The van der Waals surface area contributed by atoms with Crippen molar-refractivity contribution in [1.29, 1.82) is 0 Å². The fraction of sp³-hybridized carbons (Fsp3) is 0.762. The van der Waals surface area contributed by atoms with Crippen LogP contribution in [0.15, 0.2) is 23.8 Å². The number of aliphatic hydroxyl groups excluding tert-OH is 3. The number of carbonyl (C=O) groups is 1. The molecule has 0 bridgehead atoms. The Balaban J connectivity index is 1.78. The minimum Gasteiger partial charge on any atom is -0.390 e. The van der Waals surface area contributed by atoms with Crippen LogP contribution in [0.2, 0.25) is 0 Å². The monoisotopic (exact) mass is 362 g/mol. The highest BCUT2D eigenvalue weighted by Gasteiger charge is 2.67. The number of fused-ring (bicyclic) bond motifs is 5. The SMILES string of the molecule is CC(=O)[C@@]1(O)CC[C@H]2[C@@H]3[C@@H](O)[C@@H](O)C4=C[C@H](O)C=C[C@]4(C)[C@H]3CC[C@@]21C. The van der Waals surface area contributed by atoms with Crippen LogP contribution >= 0.6 is 0 Å². The van der Waals surface area contributed by atoms with Crippen molar-refractivity contribution < 1.29 is 25.2 Å². The van der Waals surface area contributed by atoms with Crippen molar-refractivity contribution >= 4 is 5.78 Å². The molecule has 5 heteroatoms. The zero-order valence-corrected chi connectivity index (χ0v) is 15.7. The van der Waals surface area contributed by atoms with Gasteiger partial charge in [0.15, 0.2) is 5.78 Å². The normalized spacial score (nSPS) is 55.6. The highest BCUT2D eigenvalue weighted by atomic mass is 16.3. The average Bonchev–Trinajstić information content (AvgIpc) is 2.87. The average molecular weight is 362 g/mol. The van der Waals surface area contributed by atoms with E-state index in [4.69, 9.17) is 0 Å². The Morgan fingerprint density at radius 3 is 2.42 bits per heavy atom. The van der Waals surface area contributed by atoms with E-state index < -0.39 is 34.7 Å². The molecule has 144 valence electrons. The van der Waals surface area contributed by atoms with Crippen molar-refractivity contribution in [2.24, 2.45) is 28.6 Å². The minimum absolute atomic E-state index is 0.0153. The van der Waals surface area contributed by atoms with Crippen LogP contribution in [-0.2, 0) is 4.79 Å². The Morgan fingerprint density at radius 1 is 1.12 bits per heavy atom. The second kappa shape index (κ2) is 5.51. The van der Waals surface area contributed by atoms with E-state index in [9.17, 15) is 25.2 Å².